The monoisotopic (exact) mass is 331 g/mol. The Kier molecular flexibility index (Phi) is 5.40. The van der Waals surface area contributed by atoms with Gasteiger partial charge in [-0.3, -0.25) is 9.69 Å². The highest BCUT2D eigenvalue weighted by Crippen LogP contribution is 2.25. The van der Waals surface area contributed by atoms with Crippen molar-refractivity contribution in [2.45, 2.75) is 37.4 Å². The summed E-state index contributed by atoms with van der Waals surface area (Å²) in [5, 5.41) is 0.834. The van der Waals surface area contributed by atoms with Crippen molar-refractivity contribution in [3.63, 3.8) is 0 Å². The molecule has 1 saturated heterocycles. The van der Waals surface area contributed by atoms with Gasteiger partial charge in [0.25, 0.3) is 5.56 Å². The summed E-state index contributed by atoms with van der Waals surface area (Å²) in [5.74, 6) is 1.30. The fraction of sp³-hybridized carbons (Fsp3) is 0.500. The highest BCUT2D eigenvalue weighted by atomic mass is 32.2. The molecule has 0 spiro atoms. The van der Waals surface area contributed by atoms with E-state index in [2.05, 4.69) is 31.8 Å². The Balaban J connectivity index is 1.63. The van der Waals surface area contributed by atoms with E-state index in [4.69, 9.17) is 0 Å². The van der Waals surface area contributed by atoms with Crippen LogP contribution in [0.25, 0.3) is 0 Å². The van der Waals surface area contributed by atoms with Crippen molar-refractivity contribution in [1.82, 2.24) is 24.8 Å². The molecule has 7 heteroatoms. The number of nitrogens with one attached hydrogen (secondary N) is 1. The largest absolute Gasteiger partial charge is 0.313 e. The summed E-state index contributed by atoms with van der Waals surface area (Å²) in [4.78, 5) is 29.5. The first-order valence-corrected chi connectivity index (χ1v) is 8.94. The minimum atomic E-state index is -0.0791. The van der Waals surface area contributed by atoms with E-state index in [1.54, 1.807) is 17.8 Å². The van der Waals surface area contributed by atoms with Crippen LogP contribution in [0.2, 0.25) is 0 Å². The lowest BCUT2D eigenvalue weighted by Crippen LogP contribution is -2.34. The van der Waals surface area contributed by atoms with Gasteiger partial charge in [0, 0.05) is 43.0 Å². The first kappa shape index (κ1) is 16.1. The average Bonchev–Trinajstić information content (AvgIpc) is 2.57. The summed E-state index contributed by atoms with van der Waals surface area (Å²) in [5.41, 5.74) is 1.94. The van der Waals surface area contributed by atoms with Crippen LogP contribution in [0.3, 0.4) is 0 Å². The predicted molar refractivity (Wildman–Crippen MR) is 90.5 cm³/mol. The molecule has 0 saturated carbocycles. The third-order valence-electron chi connectivity index (χ3n) is 3.98. The fourth-order valence-corrected chi connectivity index (χ4v) is 3.45. The van der Waals surface area contributed by atoms with Crippen LogP contribution in [-0.2, 0) is 6.54 Å². The topological polar surface area (TPSA) is 74.8 Å². The van der Waals surface area contributed by atoms with Gasteiger partial charge < -0.3 is 4.98 Å². The molecule has 1 unspecified atom stereocenters. The SMILES string of the molecule is CCSc1ncc(CN2CCCC(c3cc(=O)[nH]cn3)C2)cn1. The zero-order valence-corrected chi connectivity index (χ0v) is 14.1. The summed E-state index contributed by atoms with van der Waals surface area (Å²) in [6.07, 6.45) is 7.52. The number of piperidine rings is 1. The molecule has 1 atom stereocenters. The second-order valence-electron chi connectivity index (χ2n) is 5.72. The Labute approximate surface area is 139 Å². The van der Waals surface area contributed by atoms with Crippen LogP contribution < -0.4 is 5.56 Å². The van der Waals surface area contributed by atoms with Crippen LogP contribution in [0, 0.1) is 0 Å². The van der Waals surface area contributed by atoms with E-state index in [1.165, 1.54) is 6.33 Å². The maximum absolute atomic E-state index is 11.5. The molecule has 6 nitrogen and oxygen atoms in total. The van der Waals surface area contributed by atoms with Crippen molar-refractivity contribution in [2.24, 2.45) is 0 Å². The third kappa shape index (κ3) is 4.39. The van der Waals surface area contributed by atoms with Crippen LogP contribution in [0.15, 0.2) is 34.7 Å². The van der Waals surface area contributed by atoms with Gasteiger partial charge in [-0.2, -0.15) is 0 Å². The van der Waals surface area contributed by atoms with Crippen molar-refractivity contribution >= 4 is 11.8 Å². The molecule has 1 N–H and O–H groups in total. The van der Waals surface area contributed by atoms with Crippen molar-refractivity contribution in [3.05, 3.63) is 46.4 Å². The zero-order valence-electron chi connectivity index (χ0n) is 13.2. The van der Waals surface area contributed by atoms with Gasteiger partial charge in [0.2, 0.25) is 0 Å². The van der Waals surface area contributed by atoms with Gasteiger partial charge in [-0.1, -0.05) is 18.7 Å². The maximum Gasteiger partial charge on any atom is 0.250 e. The molecular weight excluding hydrogens is 310 g/mol. The lowest BCUT2D eigenvalue weighted by molar-refractivity contribution is 0.198. The lowest BCUT2D eigenvalue weighted by atomic mass is 9.94. The molecule has 23 heavy (non-hydrogen) atoms. The number of thioether (sulfide) groups is 1. The van der Waals surface area contributed by atoms with Crippen molar-refractivity contribution in [3.8, 4) is 0 Å². The molecule has 3 rings (SSSR count). The van der Waals surface area contributed by atoms with E-state index in [-0.39, 0.29) is 5.56 Å². The van der Waals surface area contributed by atoms with Crippen LogP contribution in [0.5, 0.6) is 0 Å². The van der Waals surface area contributed by atoms with Crippen molar-refractivity contribution < 1.29 is 0 Å². The quantitative estimate of drug-likeness (QED) is 0.668. The second-order valence-corrected chi connectivity index (χ2v) is 6.95. The molecule has 0 aliphatic carbocycles. The average molecular weight is 331 g/mol. The standard InChI is InChI=1S/C16H21N5OS/c1-2-23-16-17-7-12(8-18-16)9-21-5-3-4-13(10-21)14-6-15(22)20-11-19-14/h6-8,11,13H,2-5,9-10H2,1H3,(H,19,20,22). The highest BCUT2D eigenvalue weighted by molar-refractivity contribution is 7.99. The fourth-order valence-electron chi connectivity index (χ4n) is 2.93. The molecular formula is C16H21N5OS. The summed E-state index contributed by atoms with van der Waals surface area (Å²) in [7, 11) is 0. The molecule has 0 radical (unpaired) electrons. The number of H-pyrrole nitrogens is 1. The van der Waals surface area contributed by atoms with Gasteiger partial charge in [0.15, 0.2) is 5.16 Å². The summed E-state index contributed by atoms with van der Waals surface area (Å²) < 4.78 is 0. The van der Waals surface area contributed by atoms with Crippen LogP contribution in [0.4, 0.5) is 0 Å². The van der Waals surface area contributed by atoms with Crippen LogP contribution in [-0.4, -0.2) is 43.7 Å². The number of likely N-dealkylation sites (tertiary alicyclic amines) is 1. The Morgan fingerprint density at radius 1 is 1.35 bits per heavy atom. The molecule has 1 aliphatic rings. The van der Waals surface area contributed by atoms with Gasteiger partial charge in [0.05, 0.1) is 12.0 Å². The number of aromatic amines is 1. The van der Waals surface area contributed by atoms with Gasteiger partial charge in [-0.25, -0.2) is 15.0 Å². The van der Waals surface area contributed by atoms with Crippen molar-refractivity contribution in [2.75, 3.05) is 18.8 Å². The number of hydrogen-bond acceptors (Lipinski definition) is 6. The smallest absolute Gasteiger partial charge is 0.250 e. The van der Waals surface area contributed by atoms with E-state index in [0.717, 1.165) is 54.6 Å². The van der Waals surface area contributed by atoms with E-state index in [0.29, 0.717) is 5.92 Å². The number of hydrogen-bond donors (Lipinski definition) is 1. The first-order valence-electron chi connectivity index (χ1n) is 7.95. The summed E-state index contributed by atoms with van der Waals surface area (Å²) in [6, 6.07) is 1.62. The van der Waals surface area contributed by atoms with E-state index in [1.807, 2.05) is 12.4 Å². The molecule has 1 aliphatic heterocycles. The number of aromatic nitrogens is 4. The Morgan fingerprint density at radius 2 is 2.17 bits per heavy atom. The molecule has 2 aromatic rings. The minimum absolute atomic E-state index is 0.0791. The molecule has 0 aromatic carbocycles. The Morgan fingerprint density at radius 3 is 2.91 bits per heavy atom. The van der Waals surface area contributed by atoms with Gasteiger partial charge >= 0.3 is 0 Å². The zero-order chi connectivity index (χ0) is 16.1. The normalized spacial score (nSPS) is 18.9. The molecule has 2 aromatic heterocycles. The second kappa shape index (κ2) is 7.70. The third-order valence-corrected chi connectivity index (χ3v) is 4.74. The lowest BCUT2D eigenvalue weighted by Gasteiger charge is -2.32. The summed E-state index contributed by atoms with van der Waals surface area (Å²) >= 11 is 1.65. The molecule has 122 valence electrons. The van der Waals surface area contributed by atoms with E-state index < -0.39 is 0 Å². The van der Waals surface area contributed by atoms with E-state index >= 15 is 0 Å². The highest BCUT2D eigenvalue weighted by Gasteiger charge is 2.22. The van der Waals surface area contributed by atoms with Crippen LogP contribution >= 0.6 is 11.8 Å². The first-order chi connectivity index (χ1) is 11.2. The summed E-state index contributed by atoms with van der Waals surface area (Å²) in [6.45, 7) is 4.92. The molecule has 0 amide bonds. The molecule has 0 bridgehead atoms. The molecule has 3 heterocycles. The van der Waals surface area contributed by atoms with Gasteiger partial charge in [0.1, 0.15) is 0 Å². The molecule has 1 fully saturated rings. The maximum atomic E-state index is 11.5. The van der Waals surface area contributed by atoms with Gasteiger partial charge in [-0.15, -0.1) is 0 Å². The Bertz CT molecular complexity index is 687. The van der Waals surface area contributed by atoms with Crippen molar-refractivity contribution in [1.29, 1.82) is 0 Å². The van der Waals surface area contributed by atoms with Gasteiger partial charge in [-0.05, 0) is 25.1 Å². The van der Waals surface area contributed by atoms with Crippen LogP contribution in [0.1, 0.15) is 36.9 Å². The minimum Gasteiger partial charge on any atom is -0.313 e. The number of nitrogens with zero attached hydrogens (tertiary/aromatic N) is 4. The Hall–Kier alpha value is -1.73. The predicted octanol–water partition coefficient (Wildman–Crippen LogP) is 2.05. The van der Waals surface area contributed by atoms with E-state index in [9.17, 15) is 4.79 Å². The number of rotatable bonds is 5.